The Hall–Kier alpha value is -0.810. The van der Waals surface area contributed by atoms with Gasteiger partial charge in [0.2, 0.25) is 0 Å². The molecule has 0 spiro atoms. The number of piperazine rings is 1. The van der Waals surface area contributed by atoms with Gasteiger partial charge in [-0.2, -0.15) is 0 Å². The predicted octanol–water partition coefficient (Wildman–Crippen LogP) is 0.511. The largest absolute Gasteiger partial charge is 0.379 e. The summed E-state index contributed by atoms with van der Waals surface area (Å²) in [6, 6.07) is 0.560. The number of amides is 2. The minimum Gasteiger partial charge on any atom is -0.379 e. The monoisotopic (exact) mass is 241 g/mol. The summed E-state index contributed by atoms with van der Waals surface area (Å²) < 4.78 is 5.39. The van der Waals surface area contributed by atoms with E-state index in [2.05, 4.69) is 19.2 Å². The molecule has 0 aromatic rings. The lowest BCUT2D eigenvalue weighted by Crippen LogP contribution is -2.49. The van der Waals surface area contributed by atoms with Gasteiger partial charge in [-0.1, -0.05) is 0 Å². The number of rotatable bonds is 4. The molecule has 0 aromatic carbocycles. The lowest BCUT2D eigenvalue weighted by atomic mass is 10.1. The van der Waals surface area contributed by atoms with Crippen molar-refractivity contribution in [3.05, 3.63) is 0 Å². The van der Waals surface area contributed by atoms with E-state index >= 15 is 0 Å². The summed E-state index contributed by atoms with van der Waals surface area (Å²) in [5, 5.41) is 3.34. The van der Waals surface area contributed by atoms with Gasteiger partial charge in [0, 0.05) is 39.8 Å². The van der Waals surface area contributed by atoms with Gasteiger partial charge < -0.3 is 19.9 Å². The minimum atomic E-state index is -0.151. The molecular formula is C12H23N3O2. The van der Waals surface area contributed by atoms with Gasteiger partial charge in [0.05, 0.1) is 11.6 Å². The summed E-state index contributed by atoms with van der Waals surface area (Å²) in [5.74, 6) is 0. The molecule has 2 aliphatic rings. The van der Waals surface area contributed by atoms with Gasteiger partial charge in [-0.25, -0.2) is 4.79 Å². The van der Waals surface area contributed by atoms with Crippen molar-refractivity contribution in [2.45, 2.75) is 31.9 Å². The van der Waals surface area contributed by atoms with Crippen molar-refractivity contribution in [1.82, 2.24) is 15.1 Å². The number of hydrogen-bond donors (Lipinski definition) is 1. The van der Waals surface area contributed by atoms with E-state index in [9.17, 15) is 4.79 Å². The second-order valence-corrected chi connectivity index (χ2v) is 5.49. The highest BCUT2D eigenvalue weighted by atomic mass is 16.5. The van der Waals surface area contributed by atoms with Gasteiger partial charge in [-0.15, -0.1) is 0 Å². The van der Waals surface area contributed by atoms with E-state index in [1.807, 2.05) is 9.80 Å². The molecule has 2 fully saturated rings. The van der Waals surface area contributed by atoms with Gasteiger partial charge in [0.1, 0.15) is 0 Å². The average Bonchev–Trinajstić information content (AvgIpc) is 2.65. The Labute approximate surface area is 103 Å². The van der Waals surface area contributed by atoms with E-state index in [1.54, 1.807) is 7.11 Å². The SMILES string of the molecule is COC(C)(C)CCN1CC2CNCCN2C1=O. The highest BCUT2D eigenvalue weighted by molar-refractivity contribution is 5.77. The number of carbonyl (C=O) groups excluding carboxylic acids is 1. The van der Waals surface area contributed by atoms with Crippen LogP contribution in [0.15, 0.2) is 0 Å². The lowest BCUT2D eigenvalue weighted by Gasteiger charge is -2.28. The number of ether oxygens (including phenoxy) is 1. The molecule has 1 atom stereocenters. The van der Waals surface area contributed by atoms with Crippen LogP contribution in [-0.2, 0) is 4.74 Å². The van der Waals surface area contributed by atoms with Gasteiger partial charge >= 0.3 is 6.03 Å². The molecule has 0 aliphatic carbocycles. The second-order valence-electron chi connectivity index (χ2n) is 5.49. The first-order chi connectivity index (χ1) is 8.03. The van der Waals surface area contributed by atoms with E-state index in [0.717, 1.165) is 39.1 Å². The van der Waals surface area contributed by atoms with Crippen molar-refractivity contribution < 1.29 is 9.53 Å². The maximum absolute atomic E-state index is 12.1. The fourth-order valence-electron chi connectivity index (χ4n) is 2.38. The molecule has 5 heteroatoms. The van der Waals surface area contributed by atoms with E-state index in [-0.39, 0.29) is 11.6 Å². The molecule has 5 nitrogen and oxygen atoms in total. The molecule has 1 N–H and O–H groups in total. The van der Waals surface area contributed by atoms with Crippen LogP contribution in [0, 0.1) is 0 Å². The van der Waals surface area contributed by atoms with E-state index < -0.39 is 0 Å². The molecule has 17 heavy (non-hydrogen) atoms. The highest BCUT2D eigenvalue weighted by Gasteiger charge is 2.38. The lowest BCUT2D eigenvalue weighted by molar-refractivity contribution is 0.0108. The van der Waals surface area contributed by atoms with Crippen LogP contribution in [0.1, 0.15) is 20.3 Å². The first kappa shape index (κ1) is 12.6. The van der Waals surface area contributed by atoms with Crippen molar-refractivity contribution in [1.29, 1.82) is 0 Å². The molecule has 2 heterocycles. The van der Waals surface area contributed by atoms with Crippen LogP contribution in [0.4, 0.5) is 4.79 Å². The van der Waals surface area contributed by atoms with Crippen molar-refractivity contribution in [2.75, 3.05) is 39.8 Å². The highest BCUT2D eigenvalue weighted by Crippen LogP contribution is 2.20. The maximum atomic E-state index is 12.1. The smallest absolute Gasteiger partial charge is 0.320 e. The summed E-state index contributed by atoms with van der Waals surface area (Å²) in [7, 11) is 1.72. The van der Waals surface area contributed by atoms with Crippen LogP contribution in [0.2, 0.25) is 0 Å². The van der Waals surface area contributed by atoms with Gasteiger partial charge in [0.15, 0.2) is 0 Å². The van der Waals surface area contributed by atoms with Crippen LogP contribution in [0.3, 0.4) is 0 Å². The van der Waals surface area contributed by atoms with Crippen molar-refractivity contribution >= 4 is 6.03 Å². The topological polar surface area (TPSA) is 44.8 Å². The zero-order chi connectivity index (χ0) is 12.5. The molecule has 2 aliphatic heterocycles. The normalized spacial score (nSPS) is 25.4. The van der Waals surface area contributed by atoms with E-state index in [1.165, 1.54) is 0 Å². The Kier molecular flexibility index (Phi) is 3.58. The molecule has 0 aromatic heterocycles. The number of nitrogens with zero attached hydrogens (tertiary/aromatic N) is 2. The molecule has 98 valence electrons. The molecule has 0 saturated carbocycles. The zero-order valence-corrected chi connectivity index (χ0v) is 11.0. The number of hydrogen-bond acceptors (Lipinski definition) is 3. The predicted molar refractivity (Wildman–Crippen MR) is 66.0 cm³/mol. The first-order valence-corrected chi connectivity index (χ1v) is 6.35. The van der Waals surface area contributed by atoms with Crippen molar-refractivity contribution in [3.63, 3.8) is 0 Å². The summed E-state index contributed by atoms with van der Waals surface area (Å²) in [6.45, 7) is 8.44. The molecule has 1 unspecified atom stereocenters. The fraction of sp³-hybridized carbons (Fsp3) is 0.917. The third-order valence-electron chi connectivity index (χ3n) is 3.83. The first-order valence-electron chi connectivity index (χ1n) is 6.35. The second kappa shape index (κ2) is 4.82. The third-order valence-corrected chi connectivity index (χ3v) is 3.83. The van der Waals surface area contributed by atoms with Gasteiger partial charge in [-0.05, 0) is 20.3 Å². The average molecular weight is 241 g/mol. The Bertz CT molecular complexity index is 293. The van der Waals surface area contributed by atoms with Crippen molar-refractivity contribution in [3.8, 4) is 0 Å². The van der Waals surface area contributed by atoms with Crippen LogP contribution in [-0.4, -0.2) is 67.3 Å². The van der Waals surface area contributed by atoms with E-state index in [0.29, 0.717) is 6.04 Å². The van der Waals surface area contributed by atoms with Gasteiger partial charge in [-0.3, -0.25) is 0 Å². The quantitative estimate of drug-likeness (QED) is 0.780. The van der Waals surface area contributed by atoms with Crippen LogP contribution in [0.5, 0.6) is 0 Å². The number of nitrogens with one attached hydrogen (secondary N) is 1. The molecule has 0 radical (unpaired) electrons. The van der Waals surface area contributed by atoms with Gasteiger partial charge in [0.25, 0.3) is 0 Å². The summed E-state index contributed by atoms with van der Waals surface area (Å²) in [6.07, 6.45) is 0.878. The summed E-state index contributed by atoms with van der Waals surface area (Å²) >= 11 is 0. The Morgan fingerprint density at radius 1 is 1.53 bits per heavy atom. The fourth-order valence-corrected chi connectivity index (χ4v) is 2.38. The molecular weight excluding hydrogens is 218 g/mol. The number of urea groups is 1. The third kappa shape index (κ3) is 2.72. The standard InChI is InChI=1S/C12H23N3O2/c1-12(2,17-3)4-6-14-9-10-8-13-5-7-15(10)11(14)16/h10,13H,4-9H2,1-3H3. The Balaban J connectivity index is 1.88. The molecule has 2 saturated heterocycles. The van der Waals surface area contributed by atoms with Crippen molar-refractivity contribution in [2.24, 2.45) is 0 Å². The van der Waals surface area contributed by atoms with E-state index in [4.69, 9.17) is 4.74 Å². The van der Waals surface area contributed by atoms with Crippen LogP contribution in [0.25, 0.3) is 0 Å². The molecule has 2 rings (SSSR count). The minimum absolute atomic E-state index is 0.151. The van der Waals surface area contributed by atoms with Crippen LogP contribution < -0.4 is 5.32 Å². The molecule has 0 bridgehead atoms. The Morgan fingerprint density at radius 2 is 2.29 bits per heavy atom. The number of fused-ring (bicyclic) bond motifs is 1. The maximum Gasteiger partial charge on any atom is 0.320 e. The van der Waals surface area contributed by atoms with Crippen LogP contribution >= 0.6 is 0 Å². The number of carbonyl (C=O) groups is 1. The number of methoxy groups -OCH3 is 1. The summed E-state index contributed by atoms with van der Waals surface area (Å²) in [5.41, 5.74) is -0.151. The zero-order valence-electron chi connectivity index (χ0n) is 11.0. The Morgan fingerprint density at radius 3 is 2.94 bits per heavy atom. The summed E-state index contributed by atoms with van der Waals surface area (Å²) in [4.78, 5) is 16.1. The molecule has 2 amide bonds.